The molecule has 110 valence electrons. The zero-order valence-electron chi connectivity index (χ0n) is 12.0. The highest BCUT2D eigenvalue weighted by Gasteiger charge is 2.21. The average Bonchev–Trinajstić information content (AvgIpc) is 2.84. The van der Waals surface area contributed by atoms with E-state index in [1.165, 1.54) is 22.7 Å². The molecule has 0 atom stereocenters. The predicted octanol–water partition coefficient (Wildman–Crippen LogP) is 4.69. The highest BCUT2D eigenvalue weighted by Crippen LogP contribution is 2.45. The monoisotopic (exact) mass is 310 g/mol. The number of non-ortho nitro benzene ring substituents is 1. The number of fused-ring (bicyclic) bond motifs is 1. The summed E-state index contributed by atoms with van der Waals surface area (Å²) in [6.45, 7) is 4.07. The Morgan fingerprint density at radius 3 is 2.55 bits per heavy atom. The van der Waals surface area contributed by atoms with Crippen LogP contribution in [0.2, 0.25) is 0 Å². The van der Waals surface area contributed by atoms with E-state index in [2.05, 4.69) is 23.6 Å². The standard InChI is InChI=1S/C17H14N2O2S/c1-12(13-7-9-14(10-8-13)19(20)21)11-17-18(2)15-5-3-4-6-16(15)22-17/h3-11H,1H2,2H3/b17-11+. The van der Waals surface area contributed by atoms with Gasteiger partial charge in [-0.3, -0.25) is 10.1 Å². The molecule has 2 aromatic rings. The van der Waals surface area contributed by atoms with Gasteiger partial charge in [-0.05, 0) is 41.5 Å². The molecule has 0 unspecified atom stereocenters. The van der Waals surface area contributed by atoms with Crippen LogP contribution < -0.4 is 4.90 Å². The van der Waals surface area contributed by atoms with Crippen molar-refractivity contribution in [1.29, 1.82) is 0 Å². The number of thioether (sulfide) groups is 1. The number of hydrogen-bond donors (Lipinski definition) is 0. The Morgan fingerprint density at radius 2 is 1.91 bits per heavy atom. The van der Waals surface area contributed by atoms with Crippen molar-refractivity contribution in [1.82, 2.24) is 0 Å². The largest absolute Gasteiger partial charge is 0.338 e. The molecule has 0 N–H and O–H groups in total. The lowest BCUT2D eigenvalue weighted by Crippen LogP contribution is -2.09. The number of rotatable bonds is 3. The fourth-order valence-electron chi connectivity index (χ4n) is 2.28. The molecule has 0 spiro atoms. The van der Waals surface area contributed by atoms with Crippen LogP contribution >= 0.6 is 11.8 Å². The smallest absolute Gasteiger partial charge is 0.269 e. The van der Waals surface area contributed by atoms with Gasteiger partial charge >= 0.3 is 0 Å². The molecule has 4 nitrogen and oxygen atoms in total. The molecule has 3 rings (SSSR count). The van der Waals surface area contributed by atoms with Crippen molar-refractivity contribution in [3.63, 3.8) is 0 Å². The first kappa shape index (κ1) is 14.4. The lowest BCUT2D eigenvalue weighted by molar-refractivity contribution is -0.384. The van der Waals surface area contributed by atoms with Crippen LogP contribution in [0.15, 0.2) is 71.1 Å². The van der Waals surface area contributed by atoms with Crippen LogP contribution in [0.25, 0.3) is 5.57 Å². The molecule has 0 aromatic heterocycles. The lowest BCUT2D eigenvalue weighted by atomic mass is 10.1. The maximum Gasteiger partial charge on any atom is 0.269 e. The van der Waals surface area contributed by atoms with E-state index in [4.69, 9.17) is 0 Å². The van der Waals surface area contributed by atoms with Gasteiger partial charge in [-0.1, -0.05) is 30.5 Å². The summed E-state index contributed by atoms with van der Waals surface area (Å²) in [4.78, 5) is 13.6. The lowest BCUT2D eigenvalue weighted by Gasteiger charge is -2.13. The predicted molar refractivity (Wildman–Crippen MR) is 90.9 cm³/mol. The molecule has 2 aromatic carbocycles. The Bertz CT molecular complexity index is 782. The number of nitro groups is 1. The fraction of sp³-hybridized carbons (Fsp3) is 0.0588. The zero-order valence-corrected chi connectivity index (χ0v) is 12.8. The van der Waals surface area contributed by atoms with E-state index in [0.717, 1.165) is 16.2 Å². The first-order valence-electron chi connectivity index (χ1n) is 6.72. The molecule has 1 heterocycles. The molecule has 22 heavy (non-hydrogen) atoms. The Hall–Kier alpha value is -2.53. The van der Waals surface area contributed by atoms with Crippen molar-refractivity contribution in [2.24, 2.45) is 0 Å². The summed E-state index contributed by atoms with van der Waals surface area (Å²) in [6.07, 6.45) is 2.01. The summed E-state index contributed by atoms with van der Waals surface area (Å²) in [6, 6.07) is 14.7. The summed E-state index contributed by atoms with van der Waals surface area (Å²) < 4.78 is 0. The molecular formula is C17H14N2O2S. The van der Waals surface area contributed by atoms with E-state index in [-0.39, 0.29) is 5.69 Å². The highest BCUT2D eigenvalue weighted by molar-refractivity contribution is 8.03. The number of allylic oxidation sites excluding steroid dienone is 2. The Kier molecular flexibility index (Phi) is 3.73. The van der Waals surface area contributed by atoms with Crippen LogP contribution in [0, 0.1) is 10.1 Å². The van der Waals surface area contributed by atoms with Gasteiger partial charge in [0.1, 0.15) is 0 Å². The van der Waals surface area contributed by atoms with Crippen LogP contribution in [0.4, 0.5) is 11.4 Å². The number of hydrogen-bond acceptors (Lipinski definition) is 4. The summed E-state index contributed by atoms with van der Waals surface area (Å²) in [5.74, 6) is 0. The number of nitrogens with zero attached hydrogens (tertiary/aromatic N) is 2. The second-order valence-electron chi connectivity index (χ2n) is 4.94. The number of para-hydroxylation sites is 1. The maximum atomic E-state index is 10.7. The SMILES string of the molecule is C=C(/C=C1/Sc2ccccc2N1C)c1ccc([N+](=O)[O-])cc1. The zero-order chi connectivity index (χ0) is 15.7. The van der Waals surface area contributed by atoms with Gasteiger partial charge in [0.25, 0.3) is 5.69 Å². The number of anilines is 1. The van der Waals surface area contributed by atoms with Gasteiger partial charge in [0, 0.05) is 24.1 Å². The van der Waals surface area contributed by atoms with E-state index < -0.39 is 4.92 Å². The molecule has 1 aliphatic rings. The third-order valence-corrected chi connectivity index (χ3v) is 4.68. The molecule has 0 amide bonds. The van der Waals surface area contributed by atoms with Gasteiger partial charge in [0.15, 0.2) is 0 Å². The molecule has 5 heteroatoms. The van der Waals surface area contributed by atoms with Crippen LogP contribution in [-0.2, 0) is 0 Å². The Balaban J connectivity index is 1.84. The van der Waals surface area contributed by atoms with E-state index >= 15 is 0 Å². The first-order chi connectivity index (χ1) is 10.6. The minimum atomic E-state index is -0.401. The van der Waals surface area contributed by atoms with Gasteiger partial charge in [-0.15, -0.1) is 0 Å². The molecule has 1 aliphatic heterocycles. The highest BCUT2D eigenvalue weighted by atomic mass is 32.2. The van der Waals surface area contributed by atoms with E-state index in [1.807, 2.05) is 25.3 Å². The summed E-state index contributed by atoms with van der Waals surface area (Å²) in [5.41, 5.74) is 2.97. The van der Waals surface area contributed by atoms with E-state index in [1.54, 1.807) is 23.9 Å². The van der Waals surface area contributed by atoms with E-state index in [9.17, 15) is 10.1 Å². The van der Waals surface area contributed by atoms with Crippen molar-refractivity contribution in [3.05, 3.63) is 81.9 Å². The van der Waals surface area contributed by atoms with Gasteiger partial charge in [-0.2, -0.15) is 0 Å². The molecule has 0 saturated carbocycles. The number of benzene rings is 2. The van der Waals surface area contributed by atoms with Crippen molar-refractivity contribution < 1.29 is 4.92 Å². The first-order valence-corrected chi connectivity index (χ1v) is 7.54. The molecule has 0 fully saturated rings. The molecule has 0 bridgehead atoms. The Labute approximate surface area is 132 Å². The van der Waals surface area contributed by atoms with Crippen molar-refractivity contribution in [3.8, 4) is 0 Å². The summed E-state index contributed by atoms with van der Waals surface area (Å²) in [5, 5.41) is 11.8. The third kappa shape index (κ3) is 2.63. The average molecular weight is 310 g/mol. The van der Waals surface area contributed by atoms with Crippen LogP contribution in [-0.4, -0.2) is 12.0 Å². The van der Waals surface area contributed by atoms with Gasteiger partial charge in [0.05, 0.1) is 15.6 Å². The number of nitro benzene ring substituents is 1. The van der Waals surface area contributed by atoms with Crippen LogP contribution in [0.1, 0.15) is 5.56 Å². The van der Waals surface area contributed by atoms with Crippen LogP contribution in [0.5, 0.6) is 0 Å². The molecule has 0 radical (unpaired) electrons. The maximum absolute atomic E-state index is 10.7. The minimum Gasteiger partial charge on any atom is -0.338 e. The summed E-state index contributed by atoms with van der Waals surface area (Å²) >= 11 is 1.69. The fourth-order valence-corrected chi connectivity index (χ4v) is 3.39. The van der Waals surface area contributed by atoms with Crippen molar-refractivity contribution in [2.75, 3.05) is 11.9 Å². The Morgan fingerprint density at radius 1 is 1.23 bits per heavy atom. The topological polar surface area (TPSA) is 46.4 Å². The van der Waals surface area contributed by atoms with Crippen molar-refractivity contribution >= 4 is 28.7 Å². The van der Waals surface area contributed by atoms with E-state index in [0.29, 0.717) is 0 Å². The molecule has 0 aliphatic carbocycles. The normalized spacial score (nSPS) is 15.0. The summed E-state index contributed by atoms with van der Waals surface area (Å²) in [7, 11) is 2.02. The van der Waals surface area contributed by atoms with Gasteiger partial charge < -0.3 is 4.90 Å². The third-order valence-electron chi connectivity index (χ3n) is 3.52. The molecule has 0 saturated heterocycles. The van der Waals surface area contributed by atoms with Gasteiger partial charge in [-0.25, -0.2) is 0 Å². The minimum absolute atomic E-state index is 0.0870. The quantitative estimate of drug-likeness (QED) is 0.609. The van der Waals surface area contributed by atoms with Gasteiger partial charge in [0.2, 0.25) is 0 Å². The second-order valence-corrected chi connectivity index (χ2v) is 6.00. The van der Waals surface area contributed by atoms with Crippen LogP contribution in [0.3, 0.4) is 0 Å². The van der Waals surface area contributed by atoms with Crippen molar-refractivity contribution in [2.45, 2.75) is 4.90 Å². The molecular weight excluding hydrogens is 296 g/mol. The second kappa shape index (κ2) is 5.69.